The molecule has 2 aromatic carbocycles. The maximum Gasteiger partial charge on any atom is -0.0219 e. The molecule has 0 saturated carbocycles. The lowest BCUT2D eigenvalue weighted by molar-refractivity contribution is 0.810. The van der Waals surface area contributed by atoms with Gasteiger partial charge in [-0.3, -0.25) is 0 Å². The molecule has 0 aliphatic heterocycles. The number of hydrogen-bond acceptors (Lipinski definition) is 0. The minimum Gasteiger partial charge on any atom is -0.395 e. The molecule has 0 aromatic heterocycles. The molecule has 31 heavy (non-hydrogen) atoms. The fraction of sp³-hybridized carbons (Fsp3) is 0.600. The lowest BCUT2D eigenvalue weighted by atomic mass is 9.89. The Morgan fingerprint density at radius 3 is 0.774 bits per heavy atom. The molecule has 0 amide bonds. The van der Waals surface area contributed by atoms with Crippen molar-refractivity contribution < 1.29 is 0 Å². The Hall–Kier alpha value is -1.34. The van der Waals surface area contributed by atoms with Gasteiger partial charge in [-0.15, -0.1) is 0 Å². The van der Waals surface area contributed by atoms with E-state index in [0.717, 1.165) is 9.52 Å². The van der Waals surface area contributed by atoms with E-state index in [1.165, 1.54) is 11.1 Å². The van der Waals surface area contributed by atoms with Crippen molar-refractivity contribution in [3.8, 4) is 0 Å². The van der Waals surface area contributed by atoms with Crippen LogP contribution < -0.4 is 10.4 Å². The van der Waals surface area contributed by atoms with Crippen LogP contribution in [0.15, 0.2) is 24.3 Å². The second-order valence-electron chi connectivity index (χ2n) is 11.2. The first-order valence-corrected chi connectivity index (χ1v) is 13.5. The summed E-state index contributed by atoms with van der Waals surface area (Å²) < 4.78 is 0. The van der Waals surface area contributed by atoms with Crippen molar-refractivity contribution in [2.75, 3.05) is 0 Å². The molecule has 0 nitrogen and oxygen atoms in total. The molecule has 1 heteroatoms. The normalized spacial score (nSPS) is 12.3. The molecule has 0 fully saturated rings. The Balaban J connectivity index is 2.83. The van der Waals surface area contributed by atoms with Crippen LogP contribution >= 0.6 is 0 Å². The van der Waals surface area contributed by atoms with E-state index in [4.69, 9.17) is 0 Å². The molecule has 0 bridgehead atoms. The molecule has 0 aliphatic rings. The number of hydrogen-bond donors (Lipinski definition) is 0. The Morgan fingerprint density at radius 2 is 0.613 bits per heavy atom. The smallest absolute Gasteiger partial charge is 0.0219 e. The van der Waals surface area contributed by atoms with Gasteiger partial charge in [-0.1, -0.05) is 130 Å². The Morgan fingerprint density at radius 1 is 0.387 bits per heavy atom. The summed E-state index contributed by atoms with van der Waals surface area (Å²) >= 11 is 0. The van der Waals surface area contributed by atoms with Gasteiger partial charge in [0.15, 0.2) is 0 Å². The van der Waals surface area contributed by atoms with Crippen molar-refractivity contribution in [3.05, 3.63) is 57.6 Å². The summed E-state index contributed by atoms with van der Waals surface area (Å²) in [7, 11) is 0.723. The number of rotatable bonds is 8. The van der Waals surface area contributed by atoms with Crippen molar-refractivity contribution in [3.63, 3.8) is 0 Å². The Kier molecular flexibility index (Phi) is 8.79. The molecule has 0 heterocycles. The van der Waals surface area contributed by atoms with Gasteiger partial charge in [0.05, 0.1) is 0 Å². The molecule has 2 rings (SSSR count). The average Bonchev–Trinajstić information content (AvgIpc) is 2.66. The quantitative estimate of drug-likeness (QED) is 0.368. The van der Waals surface area contributed by atoms with E-state index >= 15 is 0 Å². The summed E-state index contributed by atoms with van der Waals surface area (Å²) in [5.74, 6) is 3.29. The molecular weight excluding hydrogens is 388 g/mol. The van der Waals surface area contributed by atoms with Crippen LogP contribution in [0.4, 0.5) is 0 Å². The summed E-state index contributed by atoms with van der Waals surface area (Å²) in [6.45, 7) is 28.2. The Labute approximate surface area is 196 Å². The van der Waals surface area contributed by atoms with E-state index in [2.05, 4.69) is 107 Å². The molecule has 171 valence electrons. The monoisotopic (exact) mass is 434 g/mol. The second-order valence-corrected chi connectivity index (χ2v) is 12.5. The van der Waals surface area contributed by atoms with E-state index in [9.17, 15) is 0 Å². The highest BCUT2D eigenvalue weighted by Crippen LogP contribution is 2.28. The van der Waals surface area contributed by atoms with Gasteiger partial charge < -0.3 is 9.52 Å². The predicted octanol–water partition coefficient (Wildman–Crippen LogP) is 8.08. The van der Waals surface area contributed by atoms with Gasteiger partial charge in [-0.2, -0.15) is 0 Å². The molecular formula is C30H46Si-. The van der Waals surface area contributed by atoms with Crippen molar-refractivity contribution in [1.82, 2.24) is 0 Å². The molecule has 0 atom stereocenters. The lowest BCUT2D eigenvalue weighted by Crippen LogP contribution is -2.38. The van der Waals surface area contributed by atoms with Crippen LogP contribution in [0.3, 0.4) is 0 Å². The van der Waals surface area contributed by atoms with Gasteiger partial charge in [0.2, 0.25) is 0 Å². The molecule has 1 radical (unpaired) electrons. The summed E-state index contributed by atoms with van der Waals surface area (Å²) in [6.07, 6.45) is 0. The van der Waals surface area contributed by atoms with Gasteiger partial charge in [0.1, 0.15) is 0 Å². The maximum absolute atomic E-state index is 2.51. The molecule has 0 spiro atoms. The van der Waals surface area contributed by atoms with E-state index in [-0.39, 0.29) is 0 Å². The van der Waals surface area contributed by atoms with Gasteiger partial charge in [0.25, 0.3) is 0 Å². The standard InChI is InChI=1S/C30H46Si/c1-17(2)23-13-25(19(5)6)29(26(14-23)20(7)8)31-30-27(21(9)10)15-24(18(3)4)16-28(30)22(11)12/h13-22H,1-12H3/q-1. The minimum absolute atomic E-state index is 0.540. The first kappa shape index (κ1) is 25.9. The summed E-state index contributed by atoms with van der Waals surface area (Å²) in [5, 5.41) is 3.21. The fourth-order valence-electron chi connectivity index (χ4n) is 4.33. The van der Waals surface area contributed by atoms with E-state index in [0.29, 0.717) is 35.5 Å². The summed E-state index contributed by atoms with van der Waals surface area (Å²) in [4.78, 5) is 0. The third-order valence-electron chi connectivity index (χ3n) is 6.51. The molecule has 0 unspecified atom stereocenters. The van der Waals surface area contributed by atoms with Crippen LogP contribution in [-0.4, -0.2) is 9.52 Å². The summed E-state index contributed by atoms with van der Waals surface area (Å²) in [6, 6.07) is 10.0. The molecule has 0 saturated heterocycles. The first-order chi connectivity index (χ1) is 14.3. The number of benzene rings is 2. The largest absolute Gasteiger partial charge is 0.395 e. The van der Waals surface area contributed by atoms with Crippen molar-refractivity contribution >= 4 is 19.9 Å². The van der Waals surface area contributed by atoms with Crippen molar-refractivity contribution in [1.29, 1.82) is 0 Å². The van der Waals surface area contributed by atoms with Crippen LogP contribution in [0.25, 0.3) is 0 Å². The zero-order valence-corrected chi connectivity index (χ0v) is 23.3. The highest BCUT2D eigenvalue weighted by molar-refractivity contribution is 6.69. The molecule has 0 aliphatic carbocycles. The van der Waals surface area contributed by atoms with Crippen LogP contribution in [0, 0.1) is 0 Å². The third-order valence-corrected chi connectivity index (χ3v) is 8.17. The van der Waals surface area contributed by atoms with Gasteiger partial charge in [-0.05, 0) is 46.6 Å². The summed E-state index contributed by atoms with van der Waals surface area (Å²) in [5.41, 5.74) is 9.22. The average molecular weight is 435 g/mol. The van der Waals surface area contributed by atoms with Crippen LogP contribution in [-0.2, 0) is 0 Å². The van der Waals surface area contributed by atoms with E-state index in [1.54, 1.807) is 32.6 Å². The zero-order valence-electron chi connectivity index (χ0n) is 22.3. The van der Waals surface area contributed by atoms with E-state index < -0.39 is 0 Å². The fourth-order valence-corrected chi connectivity index (χ4v) is 6.60. The predicted molar refractivity (Wildman–Crippen MR) is 142 cm³/mol. The molecule has 0 N–H and O–H groups in total. The maximum atomic E-state index is 2.51. The lowest BCUT2D eigenvalue weighted by Gasteiger charge is -2.37. The highest BCUT2D eigenvalue weighted by atomic mass is 28.2. The second kappa shape index (κ2) is 10.5. The zero-order chi connectivity index (χ0) is 23.6. The van der Waals surface area contributed by atoms with Gasteiger partial charge >= 0.3 is 0 Å². The van der Waals surface area contributed by atoms with Crippen LogP contribution in [0.2, 0.25) is 0 Å². The van der Waals surface area contributed by atoms with Crippen LogP contribution in [0.1, 0.15) is 152 Å². The van der Waals surface area contributed by atoms with Crippen molar-refractivity contribution in [2.24, 2.45) is 0 Å². The van der Waals surface area contributed by atoms with Crippen LogP contribution in [0.5, 0.6) is 0 Å². The minimum atomic E-state index is 0.540. The van der Waals surface area contributed by atoms with Gasteiger partial charge in [-0.25, -0.2) is 10.4 Å². The Bertz CT molecular complexity index is 750. The van der Waals surface area contributed by atoms with Crippen molar-refractivity contribution in [2.45, 2.75) is 119 Å². The topological polar surface area (TPSA) is 0 Å². The SMILES string of the molecule is CC(C)c1cc(C(C)C)c([Si-]c2c(C(C)C)cc(C(C)C)cc2C(C)C)c(C(C)C)c1. The first-order valence-electron chi connectivity index (χ1n) is 12.5. The van der Waals surface area contributed by atoms with E-state index in [1.807, 2.05) is 0 Å². The highest BCUT2D eigenvalue weighted by Gasteiger charge is 2.15. The van der Waals surface area contributed by atoms with Gasteiger partial charge in [0, 0.05) is 0 Å². The molecule has 2 aromatic rings. The third kappa shape index (κ3) is 5.92.